The Hall–Kier alpha value is -0.630. The van der Waals surface area contributed by atoms with E-state index in [1.54, 1.807) is 27.7 Å². The number of fused-ring (bicyclic) bond motifs is 2. The fourth-order valence-corrected chi connectivity index (χ4v) is 5.34. The summed E-state index contributed by atoms with van der Waals surface area (Å²) in [7, 11) is 5.57. The van der Waals surface area contributed by atoms with E-state index in [9.17, 15) is 19.7 Å². The molecule has 0 spiro atoms. The zero-order valence-electron chi connectivity index (χ0n) is 23.4. The highest BCUT2D eigenvalue weighted by atomic mass is 19.1. The normalized spacial score (nSPS) is 54.2. The van der Waals surface area contributed by atoms with Crippen molar-refractivity contribution < 1.29 is 71.8 Å². The van der Waals surface area contributed by atoms with Crippen molar-refractivity contribution in [2.24, 2.45) is 0 Å². The molecular formula is C24H41FO14. The molecule has 0 aliphatic carbocycles. The van der Waals surface area contributed by atoms with Gasteiger partial charge in [-0.25, -0.2) is 4.39 Å². The van der Waals surface area contributed by atoms with E-state index in [-0.39, 0.29) is 6.61 Å². The van der Waals surface area contributed by atoms with Crippen LogP contribution in [0.2, 0.25) is 0 Å². The number of methoxy groups -OCH3 is 4. The summed E-state index contributed by atoms with van der Waals surface area (Å²) < 4.78 is 77.9. The number of alkyl halides is 1. The van der Waals surface area contributed by atoms with Gasteiger partial charge in [-0.15, -0.1) is 0 Å². The fourth-order valence-electron chi connectivity index (χ4n) is 5.34. The summed E-state index contributed by atoms with van der Waals surface area (Å²) in [5.74, 6) is -5.77. The summed E-state index contributed by atoms with van der Waals surface area (Å²) in [6, 6.07) is 0. The summed E-state index contributed by atoms with van der Waals surface area (Å²) >= 11 is 0. The van der Waals surface area contributed by atoms with Crippen LogP contribution in [-0.2, 0) is 52.1 Å². The molecule has 0 aromatic heterocycles. The minimum atomic E-state index is -2.13. The fraction of sp³-hybridized carbons (Fsp3) is 1.00. The lowest BCUT2D eigenvalue weighted by molar-refractivity contribution is -0.484. The summed E-state index contributed by atoms with van der Waals surface area (Å²) in [6.45, 7) is 5.44. The predicted molar refractivity (Wildman–Crippen MR) is 125 cm³/mol. The van der Waals surface area contributed by atoms with E-state index < -0.39 is 91.2 Å². The molecule has 0 aromatic rings. The third kappa shape index (κ3) is 5.03. The van der Waals surface area contributed by atoms with Gasteiger partial charge < -0.3 is 67.4 Å². The topological polar surface area (TPSA) is 162 Å². The molecule has 0 amide bonds. The van der Waals surface area contributed by atoms with Gasteiger partial charge in [0.25, 0.3) is 0 Å². The van der Waals surface area contributed by atoms with Crippen LogP contribution in [0, 0.1) is 0 Å². The first-order valence-electron chi connectivity index (χ1n) is 12.7. The zero-order chi connectivity index (χ0) is 29.0. The van der Waals surface area contributed by atoms with Crippen molar-refractivity contribution in [1.82, 2.24) is 0 Å². The Bertz CT molecular complexity index is 856. The van der Waals surface area contributed by atoms with Gasteiger partial charge in [-0.1, -0.05) is 0 Å². The highest BCUT2D eigenvalue weighted by Crippen LogP contribution is 2.45. The molecule has 4 saturated heterocycles. The number of aliphatic hydroxyl groups excluding tert-OH is 3. The molecule has 0 aromatic carbocycles. The van der Waals surface area contributed by atoms with E-state index in [4.69, 9.17) is 52.1 Å². The predicted octanol–water partition coefficient (Wildman–Crippen LogP) is -0.845. The molecule has 15 heteroatoms. The summed E-state index contributed by atoms with van der Waals surface area (Å²) in [6.07, 6.45) is -13.0. The second-order valence-electron chi connectivity index (χ2n) is 10.5. The van der Waals surface area contributed by atoms with E-state index in [1.165, 1.54) is 28.4 Å². The standard InChI is InChI=1S/C24H41FO14/c1-21(29-5)24(4,32-8)39-18-14(28)20(35-11(9-26)15(18)36-21)33-10-12-16-17(13(27)19(25)34-12)38-23(3,31-7)22(2,30-6)37-16/h11-20,26-28H,9-10H2,1-8H3/t11-,12-,13-,14-,15-,16-,17-,18-,19+,20+,21+,22+,23+,24+/m1/s1. The van der Waals surface area contributed by atoms with Crippen molar-refractivity contribution in [3.63, 3.8) is 0 Å². The van der Waals surface area contributed by atoms with Crippen molar-refractivity contribution >= 4 is 0 Å². The van der Waals surface area contributed by atoms with Gasteiger partial charge in [0.15, 0.2) is 6.29 Å². The zero-order valence-corrected chi connectivity index (χ0v) is 23.4. The average Bonchev–Trinajstić information content (AvgIpc) is 2.93. The first-order valence-corrected chi connectivity index (χ1v) is 12.7. The minimum Gasteiger partial charge on any atom is -0.394 e. The van der Waals surface area contributed by atoms with Crippen LogP contribution in [0.5, 0.6) is 0 Å². The molecule has 0 bridgehead atoms. The number of rotatable bonds is 8. The van der Waals surface area contributed by atoms with Crippen molar-refractivity contribution in [3.8, 4) is 0 Å². The average molecular weight is 573 g/mol. The Kier molecular flexibility index (Phi) is 9.01. The summed E-state index contributed by atoms with van der Waals surface area (Å²) in [5, 5.41) is 31.6. The lowest BCUT2D eigenvalue weighted by Crippen LogP contribution is -2.73. The van der Waals surface area contributed by atoms with E-state index in [2.05, 4.69) is 0 Å². The van der Waals surface area contributed by atoms with Crippen LogP contribution < -0.4 is 0 Å². The molecule has 0 radical (unpaired) electrons. The van der Waals surface area contributed by atoms with Crippen LogP contribution in [-0.4, -0.2) is 142 Å². The SMILES string of the molecule is CO[C@@]1(C)O[C@@H]2[C@@H](O)[C@@H](F)O[C@H](CO[C@H]3O[C@H](CO)[C@H]4O[C@](C)(OC)[C@@](C)(OC)O[C@@H]4[C@H]3O)[C@H]2O[C@]1(C)OC. The molecule has 14 nitrogen and oxygen atoms in total. The first-order chi connectivity index (χ1) is 18.3. The molecule has 3 N–H and O–H groups in total. The lowest BCUT2D eigenvalue weighted by atomic mass is 9.93. The maximum Gasteiger partial charge on any atom is 0.228 e. The molecule has 228 valence electrons. The maximum absolute atomic E-state index is 14.7. The van der Waals surface area contributed by atoms with Crippen molar-refractivity contribution in [3.05, 3.63) is 0 Å². The second-order valence-corrected chi connectivity index (χ2v) is 10.5. The summed E-state index contributed by atoms with van der Waals surface area (Å²) in [4.78, 5) is 0. The Morgan fingerprint density at radius 2 is 1.05 bits per heavy atom. The van der Waals surface area contributed by atoms with Gasteiger partial charge in [0, 0.05) is 28.4 Å². The summed E-state index contributed by atoms with van der Waals surface area (Å²) in [5.41, 5.74) is 0. The largest absolute Gasteiger partial charge is 0.394 e. The van der Waals surface area contributed by atoms with Gasteiger partial charge in [-0.05, 0) is 27.7 Å². The first kappa shape index (κ1) is 31.3. The monoisotopic (exact) mass is 572 g/mol. The van der Waals surface area contributed by atoms with E-state index in [0.717, 1.165) is 0 Å². The van der Waals surface area contributed by atoms with Gasteiger partial charge in [-0.3, -0.25) is 0 Å². The van der Waals surface area contributed by atoms with E-state index >= 15 is 0 Å². The van der Waals surface area contributed by atoms with Gasteiger partial charge >= 0.3 is 0 Å². The molecule has 0 unspecified atom stereocenters. The van der Waals surface area contributed by atoms with Crippen LogP contribution in [0.15, 0.2) is 0 Å². The van der Waals surface area contributed by atoms with Crippen LogP contribution in [0.3, 0.4) is 0 Å². The van der Waals surface area contributed by atoms with Crippen LogP contribution in [0.25, 0.3) is 0 Å². The molecular weight excluding hydrogens is 531 g/mol. The van der Waals surface area contributed by atoms with E-state index in [1.807, 2.05) is 0 Å². The van der Waals surface area contributed by atoms with Gasteiger partial charge in [0.2, 0.25) is 29.5 Å². The maximum atomic E-state index is 14.7. The number of halogens is 1. The van der Waals surface area contributed by atoms with Crippen LogP contribution in [0.4, 0.5) is 4.39 Å². The van der Waals surface area contributed by atoms with Crippen LogP contribution in [0.1, 0.15) is 27.7 Å². The molecule has 4 heterocycles. The van der Waals surface area contributed by atoms with Gasteiger partial charge in [-0.2, -0.15) is 0 Å². The smallest absolute Gasteiger partial charge is 0.228 e. The molecule has 4 aliphatic heterocycles. The lowest BCUT2D eigenvalue weighted by Gasteiger charge is -2.57. The molecule has 4 rings (SSSR count). The Labute approximate surface area is 226 Å². The van der Waals surface area contributed by atoms with Crippen molar-refractivity contribution in [2.75, 3.05) is 41.7 Å². The number of aliphatic hydroxyl groups is 3. The Morgan fingerprint density at radius 1 is 0.641 bits per heavy atom. The quantitative estimate of drug-likeness (QED) is 0.330. The molecule has 4 aliphatic rings. The Morgan fingerprint density at radius 3 is 1.49 bits per heavy atom. The highest BCUT2D eigenvalue weighted by molar-refractivity contribution is 5.02. The second kappa shape index (κ2) is 11.2. The van der Waals surface area contributed by atoms with Crippen molar-refractivity contribution in [1.29, 1.82) is 0 Å². The third-order valence-electron chi connectivity index (χ3n) is 8.47. The number of ether oxygens (including phenoxy) is 11. The molecule has 0 saturated carbocycles. The Balaban J connectivity index is 1.52. The highest BCUT2D eigenvalue weighted by Gasteiger charge is 2.64. The number of hydrogen-bond acceptors (Lipinski definition) is 14. The molecule has 39 heavy (non-hydrogen) atoms. The van der Waals surface area contributed by atoms with Gasteiger partial charge in [0.05, 0.1) is 13.2 Å². The molecule has 14 atom stereocenters. The van der Waals surface area contributed by atoms with Crippen LogP contribution >= 0.6 is 0 Å². The number of hydrogen-bond donors (Lipinski definition) is 3. The van der Waals surface area contributed by atoms with Crippen molar-refractivity contribution in [2.45, 2.75) is 112 Å². The molecule has 4 fully saturated rings. The van der Waals surface area contributed by atoms with E-state index in [0.29, 0.717) is 0 Å². The minimum absolute atomic E-state index is 0.364. The third-order valence-corrected chi connectivity index (χ3v) is 8.47. The van der Waals surface area contributed by atoms with Gasteiger partial charge in [0.1, 0.15) is 48.8 Å².